The first-order valence-corrected chi connectivity index (χ1v) is 17.0. The summed E-state index contributed by atoms with van der Waals surface area (Å²) >= 11 is 1.66. The SMILES string of the molecule is CC(C)(C)OC(=O)N1CCC[C@H]1c1nc(-c2ccc(/C=C/Cc3ccc4[nH]c([C@@]5(O)CCCN5C(=O)OC(C)(C)C)nc4c3)s2)c[nH]1. The Morgan fingerprint density at radius 1 is 1.04 bits per heavy atom. The van der Waals surface area contributed by atoms with Crippen LogP contribution in [0.25, 0.3) is 27.7 Å². The van der Waals surface area contributed by atoms with Crippen molar-refractivity contribution in [3.63, 3.8) is 0 Å². The number of benzene rings is 1. The number of aromatic amines is 2. The smallest absolute Gasteiger partial charge is 0.412 e. The minimum Gasteiger partial charge on any atom is -0.444 e. The third kappa shape index (κ3) is 7.23. The summed E-state index contributed by atoms with van der Waals surface area (Å²) in [5.41, 5.74) is 0.721. The van der Waals surface area contributed by atoms with E-state index in [0.29, 0.717) is 38.2 Å². The third-order valence-corrected chi connectivity index (χ3v) is 9.28. The van der Waals surface area contributed by atoms with Crippen LogP contribution in [0.15, 0.2) is 42.6 Å². The number of thiophene rings is 1. The Balaban J connectivity index is 1.10. The molecule has 6 rings (SSSR count). The highest BCUT2D eigenvalue weighted by atomic mass is 32.1. The number of nitrogens with zero attached hydrogens (tertiary/aromatic N) is 4. The van der Waals surface area contributed by atoms with Gasteiger partial charge in [-0.1, -0.05) is 12.1 Å². The fraction of sp³-hybridized carbons (Fsp3) is 0.486. The summed E-state index contributed by atoms with van der Waals surface area (Å²) in [7, 11) is 0. The molecule has 4 aromatic rings. The minimum atomic E-state index is -1.54. The minimum absolute atomic E-state index is 0.120. The van der Waals surface area contributed by atoms with Gasteiger partial charge < -0.3 is 24.5 Å². The van der Waals surface area contributed by atoms with Crippen LogP contribution >= 0.6 is 11.3 Å². The number of allylic oxidation sites excluding steroid dienone is 1. The number of likely N-dealkylation sites (tertiary alicyclic amines) is 2. The van der Waals surface area contributed by atoms with E-state index < -0.39 is 23.0 Å². The van der Waals surface area contributed by atoms with Gasteiger partial charge in [-0.15, -0.1) is 11.3 Å². The lowest BCUT2D eigenvalue weighted by atomic mass is 10.1. The number of amides is 2. The van der Waals surface area contributed by atoms with Gasteiger partial charge in [-0.2, -0.15) is 0 Å². The molecule has 2 saturated heterocycles. The number of fused-ring (bicyclic) bond motifs is 1. The van der Waals surface area contributed by atoms with E-state index in [9.17, 15) is 14.7 Å². The number of imidazole rings is 2. The zero-order valence-corrected chi connectivity index (χ0v) is 28.7. The van der Waals surface area contributed by atoms with E-state index in [1.165, 1.54) is 4.90 Å². The molecule has 0 spiro atoms. The standard InChI is InChI=1S/C35H44N6O5S/c1-33(2,3)45-31(42)40-18-8-12-27(40)29-36-21-26(37-29)28-16-14-23(47-28)11-7-10-22-13-15-24-25(20-22)39-30(38-24)35(44)17-9-19-41(35)32(43)46-34(4,5)6/h7,11,13-16,20-21,27,44H,8-10,12,17-19H2,1-6H3,(H,36,37)(H,38,39)/b11-7+/t27-,35-/m0/s1. The van der Waals surface area contributed by atoms with Gasteiger partial charge in [0.05, 0.1) is 27.6 Å². The van der Waals surface area contributed by atoms with Gasteiger partial charge >= 0.3 is 12.2 Å². The Hall–Kier alpha value is -4.16. The number of H-pyrrole nitrogens is 2. The van der Waals surface area contributed by atoms with Gasteiger partial charge in [0.25, 0.3) is 0 Å². The summed E-state index contributed by atoms with van der Waals surface area (Å²) in [5.74, 6) is 1.13. The summed E-state index contributed by atoms with van der Waals surface area (Å²) in [6, 6.07) is 10.0. The Morgan fingerprint density at radius 3 is 2.57 bits per heavy atom. The summed E-state index contributed by atoms with van der Waals surface area (Å²) < 4.78 is 11.2. The zero-order chi connectivity index (χ0) is 33.6. The van der Waals surface area contributed by atoms with E-state index in [2.05, 4.69) is 34.3 Å². The van der Waals surface area contributed by atoms with Gasteiger partial charge in [0.15, 0.2) is 5.82 Å². The Morgan fingerprint density at radius 2 is 1.81 bits per heavy atom. The predicted octanol–water partition coefficient (Wildman–Crippen LogP) is 7.52. The second-order valence-electron chi connectivity index (χ2n) is 14.3. The molecule has 3 aromatic heterocycles. The molecule has 47 heavy (non-hydrogen) atoms. The number of hydrogen-bond donors (Lipinski definition) is 3. The molecule has 2 amide bonds. The molecule has 0 aliphatic carbocycles. The quantitative estimate of drug-likeness (QED) is 0.195. The molecule has 2 aliphatic rings. The van der Waals surface area contributed by atoms with Crippen LogP contribution in [0, 0.1) is 0 Å². The van der Waals surface area contributed by atoms with Gasteiger partial charge in [-0.05, 0) is 103 Å². The third-order valence-electron chi connectivity index (χ3n) is 8.20. The monoisotopic (exact) mass is 660 g/mol. The summed E-state index contributed by atoms with van der Waals surface area (Å²) in [5, 5.41) is 11.5. The Kier molecular flexibility index (Phi) is 8.69. The number of nitrogens with one attached hydrogen (secondary N) is 2. The number of carbonyl (C=O) groups is 2. The maximum atomic E-state index is 12.8. The van der Waals surface area contributed by atoms with Crippen LogP contribution in [-0.2, 0) is 21.6 Å². The molecule has 2 atom stereocenters. The number of aromatic nitrogens is 4. The van der Waals surface area contributed by atoms with Crippen LogP contribution < -0.4 is 0 Å². The van der Waals surface area contributed by atoms with Gasteiger partial charge in [-0.25, -0.2) is 19.6 Å². The van der Waals surface area contributed by atoms with Crippen molar-refractivity contribution in [1.82, 2.24) is 29.7 Å². The van der Waals surface area contributed by atoms with E-state index >= 15 is 0 Å². The van der Waals surface area contributed by atoms with E-state index in [0.717, 1.165) is 50.7 Å². The van der Waals surface area contributed by atoms with Crippen molar-refractivity contribution in [3.05, 3.63) is 64.7 Å². The molecule has 11 nitrogen and oxygen atoms in total. The number of rotatable bonds is 6. The second-order valence-corrected chi connectivity index (χ2v) is 15.4. The van der Waals surface area contributed by atoms with Crippen LogP contribution in [0.1, 0.15) is 95.4 Å². The summed E-state index contributed by atoms with van der Waals surface area (Å²) in [6.07, 6.45) is 8.78. The van der Waals surface area contributed by atoms with Crippen LogP contribution in [0.4, 0.5) is 9.59 Å². The molecule has 0 unspecified atom stereocenters. The first-order valence-electron chi connectivity index (χ1n) is 16.2. The second kappa shape index (κ2) is 12.5. The Bertz CT molecular complexity index is 1790. The van der Waals surface area contributed by atoms with E-state index in [-0.39, 0.29) is 12.1 Å². The number of ether oxygens (including phenoxy) is 2. The van der Waals surface area contributed by atoms with E-state index in [4.69, 9.17) is 19.4 Å². The van der Waals surface area contributed by atoms with Crippen molar-refractivity contribution in [1.29, 1.82) is 0 Å². The molecular formula is C35H44N6O5S. The number of aliphatic hydroxyl groups is 1. The molecule has 0 saturated carbocycles. The number of hydrogen-bond acceptors (Lipinski definition) is 8. The van der Waals surface area contributed by atoms with Crippen molar-refractivity contribution in [2.75, 3.05) is 13.1 Å². The van der Waals surface area contributed by atoms with Crippen LogP contribution in [0.2, 0.25) is 0 Å². The maximum Gasteiger partial charge on any atom is 0.412 e. The highest BCUT2D eigenvalue weighted by Crippen LogP contribution is 2.37. The molecule has 2 fully saturated rings. The number of carbonyl (C=O) groups excluding carboxylic acids is 2. The highest BCUT2D eigenvalue weighted by molar-refractivity contribution is 7.16. The van der Waals surface area contributed by atoms with Crippen molar-refractivity contribution in [3.8, 4) is 10.6 Å². The van der Waals surface area contributed by atoms with Crippen LogP contribution in [0.5, 0.6) is 0 Å². The zero-order valence-electron chi connectivity index (χ0n) is 27.9. The van der Waals surface area contributed by atoms with Crippen LogP contribution in [-0.4, -0.2) is 71.3 Å². The van der Waals surface area contributed by atoms with Crippen molar-refractivity contribution >= 4 is 40.6 Å². The van der Waals surface area contributed by atoms with E-state index in [1.54, 1.807) is 16.2 Å². The molecule has 12 heteroatoms. The fourth-order valence-electron chi connectivity index (χ4n) is 6.09. The average Bonchev–Trinajstić information content (AvgIpc) is 3.80. The highest BCUT2D eigenvalue weighted by Gasteiger charge is 2.47. The van der Waals surface area contributed by atoms with Crippen molar-refractivity contribution in [2.45, 2.75) is 96.6 Å². The molecule has 2 aliphatic heterocycles. The molecule has 1 aromatic carbocycles. The molecule has 0 radical (unpaired) electrons. The lowest BCUT2D eigenvalue weighted by Crippen LogP contribution is -2.47. The first-order chi connectivity index (χ1) is 22.2. The molecule has 5 heterocycles. The van der Waals surface area contributed by atoms with Gasteiger partial charge in [0, 0.05) is 30.6 Å². The fourth-order valence-corrected chi connectivity index (χ4v) is 6.99. The van der Waals surface area contributed by atoms with E-state index in [1.807, 2.05) is 65.9 Å². The topological polar surface area (TPSA) is 137 Å². The average molecular weight is 661 g/mol. The molecule has 0 bridgehead atoms. The van der Waals surface area contributed by atoms with Gasteiger partial charge in [-0.3, -0.25) is 9.80 Å². The molecular weight excluding hydrogens is 616 g/mol. The molecule has 3 N–H and O–H groups in total. The lowest BCUT2D eigenvalue weighted by Gasteiger charge is -2.33. The van der Waals surface area contributed by atoms with Gasteiger partial charge in [0.2, 0.25) is 5.72 Å². The Labute approximate surface area is 279 Å². The van der Waals surface area contributed by atoms with Crippen molar-refractivity contribution in [2.24, 2.45) is 0 Å². The molecule has 250 valence electrons. The lowest BCUT2D eigenvalue weighted by molar-refractivity contribution is -0.0943. The first kappa shape index (κ1) is 32.8. The summed E-state index contributed by atoms with van der Waals surface area (Å²) in [4.78, 5) is 47.0. The van der Waals surface area contributed by atoms with Crippen molar-refractivity contribution < 1.29 is 24.2 Å². The van der Waals surface area contributed by atoms with Gasteiger partial charge in [0.1, 0.15) is 17.0 Å². The largest absolute Gasteiger partial charge is 0.444 e. The summed E-state index contributed by atoms with van der Waals surface area (Å²) in [6.45, 7) is 12.1. The maximum absolute atomic E-state index is 12.8. The normalized spacial score (nSPS) is 20.5. The predicted molar refractivity (Wildman–Crippen MR) is 182 cm³/mol. The van der Waals surface area contributed by atoms with Crippen LogP contribution in [0.3, 0.4) is 0 Å².